The van der Waals surface area contributed by atoms with E-state index in [4.69, 9.17) is 5.73 Å². The first kappa shape index (κ1) is 15.5. The Balaban J connectivity index is 2.22. The van der Waals surface area contributed by atoms with E-state index in [1.807, 2.05) is 0 Å². The molecular formula is C13H13F5N2O. The Morgan fingerprint density at radius 3 is 2.48 bits per heavy atom. The van der Waals surface area contributed by atoms with Crippen LogP contribution in [0.3, 0.4) is 0 Å². The van der Waals surface area contributed by atoms with Crippen LogP contribution in [0.15, 0.2) is 12.1 Å². The average molecular weight is 308 g/mol. The molecule has 1 aliphatic rings. The Hall–Kier alpha value is -1.86. The topological polar surface area (TPSA) is 46.3 Å². The summed E-state index contributed by atoms with van der Waals surface area (Å²) in [4.78, 5) is 13.1. The number of nitrogen functional groups attached to an aromatic ring is 1. The molecule has 0 bridgehead atoms. The third-order valence-electron chi connectivity index (χ3n) is 3.49. The van der Waals surface area contributed by atoms with Gasteiger partial charge in [-0.25, -0.2) is 8.78 Å². The van der Waals surface area contributed by atoms with Crippen molar-refractivity contribution in [3.8, 4) is 0 Å². The van der Waals surface area contributed by atoms with E-state index in [-0.39, 0.29) is 30.6 Å². The second-order valence-electron chi connectivity index (χ2n) is 4.99. The maximum Gasteiger partial charge on any atom is 0.393 e. The quantitative estimate of drug-likeness (QED) is 0.640. The molecule has 2 N–H and O–H groups in total. The first-order valence-corrected chi connectivity index (χ1v) is 6.30. The number of halogens is 5. The fourth-order valence-corrected chi connectivity index (χ4v) is 2.35. The van der Waals surface area contributed by atoms with Gasteiger partial charge in [0.25, 0.3) is 5.91 Å². The number of alkyl halides is 3. The minimum absolute atomic E-state index is 0.0550. The van der Waals surface area contributed by atoms with E-state index < -0.39 is 36.2 Å². The monoisotopic (exact) mass is 308 g/mol. The van der Waals surface area contributed by atoms with Gasteiger partial charge in [0, 0.05) is 24.8 Å². The van der Waals surface area contributed by atoms with Gasteiger partial charge in [-0.3, -0.25) is 4.79 Å². The van der Waals surface area contributed by atoms with Crippen LogP contribution < -0.4 is 5.73 Å². The fourth-order valence-electron chi connectivity index (χ4n) is 2.35. The van der Waals surface area contributed by atoms with Crippen LogP contribution in [0.1, 0.15) is 23.2 Å². The Morgan fingerprint density at radius 2 is 1.86 bits per heavy atom. The molecule has 1 heterocycles. The number of benzene rings is 1. The molecule has 0 saturated carbocycles. The number of rotatable bonds is 1. The maximum absolute atomic E-state index is 13.2. The van der Waals surface area contributed by atoms with E-state index in [0.717, 1.165) is 4.90 Å². The van der Waals surface area contributed by atoms with Crippen molar-refractivity contribution in [2.24, 2.45) is 5.92 Å². The Labute approximate surface area is 117 Å². The van der Waals surface area contributed by atoms with Crippen molar-refractivity contribution >= 4 is 11.6 Å². The summed E-state index contributed by atoms with van der Waals surface area (Å²) in [5.41, 5.74) is 4.82. The van der Waals surface area contributed by atoms with Crippen LogP contribution >= 0.6 is 0 Å². The predicted molar refractivity (Wildman–Crippen MR) is 65.5 cm³/mol. The third-order valence-corrected chi connectivity index (χ3v) is 3.49. The highest BCUT2D eigenvalue weighted by Crippen LogP contribution is 2.34. The zero-order valence-electron chi connectivity index (χ0n) is 10.9. The van der Waals surface area contributed by atoms with Gasteiger partial charge in [0.15, 0.2) is 11.6 Å². The van der Waals surface area contributed by atoms with Gasteiger partial charge in [-0.05, 0) is 18.9 Å². The molecule has 0 aliphatic carbocycles. The number of piperidine rings is 1. The Morgan fingerprint density at radius 1 is 1.24 bits per heavy atom. The molecule has 0 spiro atoms. The first-order valence-electron chi connectivity index (χ1n) is 6.30. The van der Waals surface area contributed by atoms with Crippen molar-refractivity contribution in [1.29, 1.82) is 0 Å². The van der Waals surface area contributed by atoms with Gasteiger partial charge in [0.2, 0.25) is 0 Å². The number of carbonyl (C=O) groups is 1. The summed E-state index contributed by atoms with van der Waals surface area (Å²) in [6.45, 7) is -0.370. The highest BCUT2D eigenvalue weighted by atomic mass is 19.4. The lowest BCUT2D eigenvalue weighted by atomic mass is 9.96. The molecule has 0 radical (unpaired) electrons. The number of likely N-dealkylation sites (tertiary alicyclic amines) is 1. The highest BCUT2D eigenvalue weighted by molar-refractivity contribution is 5.99. The van der Waals surface area contributed by atoms with Crippen LogP contribution in [0.25, 0.3) is 0 Å². The molecule has 1 amide bonds. The molecule has 21 heavy (non-hydrogen) atoms. The minimum atomic E-state index is -4.39. The number of amides is 1. The van der Waals surface area contributed by atoms with Gasteiger partial charge in [0.1, 0.15) is 0 Å². The molecule has 1 saturated heterocycles. The van der Waals surface area contributed by atoms with Gasteiger partial charge in [-0.15, -0.1) is 0 Å². The molecule has 0 aromatic heterocycles. The molecule has 1 aliphatic heterocycles. The largest absolute Gasteiger partial charge is 0.398 e. The van der Waals surface area contributed by atoms with Crippen molar-refractivity contribution in [2.75, 3.05) is 18.8 Å². The van der Waals surface area contributed by atoms with Crippen molar-refractivity contribution in [2.45, 2.75) is 19.0 Å². The number of carbonyl (C=O) groups excluding carboxylic acids is 1. The zero-order valence-corrected chi connectivity index (χ0v) is 10.9. The Kier molecular flexibility index (Phi) is 4.06. The van der Waals surface area contributed by atoms with Crippen LogP contribution in [0.5, 0.6) is 0 Å². The normalized spacial score (nSPS) is 19.7. The lowest BCUT2D eigenvalue weighted by Gasteiger charge is -2.34. The second kappa shape index (κ2) is 5.50. The molecule has 1 aromatic carbocycles. The number of nitrogens with zero attached hydrogens (tertiary/aromatic N) is 1. The first-order chi connectivity index (χ1) is 9.70. The minimum Gasteiger partial charge on any atom is -0.398 e. The number of nitrogens with two attached hydrogens (primary N) is 1. The molecule has 8 heteroatoms. The van der Waals surface area contributed by atoms with Crippen molar-refractivity contribution in [1.82, 2.24) is 4.90 Å². The van der Waals surface area contributed by atoms with Crippen LogP contribution in [0.4, 0.5) is 27.6 Å². The summed E-state index contributed by atoms with van der Waals surface area (Å²) in [5.74, 6) is -4.91. The van der Waals surface area contributed by atoms with E-state index in [2.05, 4.69) is 0 Å². The van der Waals surface area contributed by atoms with E-state index in [1.54, 1.807) is 0 Å². The molecule has 1 unspecified atom stereocenters. The lowest BCUT2D eigenvalue weighted by molar-refractivity contribution is -0.184. The van der Waals surface area contributed by atoms with Crippen molar-refractivity contribution in [3.63, 3.8) is 0 Å². The zero-order chi connectivity index (χ0) is 15.8. The van der Waals surface area contributed by atoms with E-state index in [9.17, 15) is 26.7 Å². The summed E-state index contributed by atoms with van der Waals surface area (Å²) in [7, 11) is 0. The average Bonchev–Trinajstić information content (AvgIpc) is 2.41. The summed E-state index contributed by atoms with van der Waals surface area (Å²) < 4.78 is 64.2. The number of anilines is 1. The van der Waals surface area contributed by atoms with E-state index >= 15 is 0 Å². The summed E-state index contributed by atoms with van der Waals surface area (Å²) in [6, 6.07) is 1.26. The summed E-state index contributed by atoms with van der Waals surface area (Å²) in [5, 5.41) is 0. The molecule has 1 aromatic rings. The molecule has 3 nitrogen and oxygen atoms in total. The van der Waals surface area contributed by atoms with Crippen molar-refractivity contribution in [3.05, 3.63) is 29.3 Å². The molecule has 116 valence electrons. The van der Waals surface area contributed by atoms with Gasteiger partial charge >= 0.3 is 6.18 Å². The van der Waals surface area contributed by atoms with Crippen LogP contribution in [-0.2, 0) is 0 Å². The lowest BCUT2D eigenvalue weighted by Crippen LogP contribution is -2.44. The van der Waals surface area contributed by atoms with Gasteiger partial charge < -0.3 is 10.6 Å². The maximum atomic E-state index is 13.2. The predicted octanol–water partition coefficient (Wildman–Crippen LogP) is 2.96. The van der Waals surface area contributed by atoms with Crippen LogP contribution in [0.2, 0.25) is 0 Å². The molecule has 2 rings (SSSR count). The van der Waals surface area contributed by atoms with E-state index in [0.29, 0.717) is 12.1 Å². The van der Waals surface area contributed by atoms with Gasteiger partial charge in [0.05, 0.1) is 11.5 Å². The van der Waals surface area contributed by atoms with Crippen LogP contribution in [0, 0.1) is 17.6 Å². The number of hydrogen-bond acceptors (Lipinski definition) is 2. The summed E-state index contributed by atoms with van der Waals surface area (Å²) >= 11 is 0. The van der Waals surface area contributed by atoms with Crippen LogP contribution in [-0.4, -0.2) is 30.1 Å². The number of hydrogen-bond donors (Lipinski definition) is 1. The molecule has 1 atom stereocenters. The summed E-state index contributed by atoms with van der Waals surface area (Å²) in [6.07, 6.45) is -4.25. The fraction of sp³-hybridized carbons (Fsp3) is 0.462. The van der Waals surface area contributed by atoms with E-state index in [1.165, 1.54) is 0 Å². The standard InChI is InChI=1S/C13H13F5N2O/c14-9-4-8(11(19)5-10(9)15)12(21)20-3-1-2-7(6-20)13(16,17)18/h4-5,7H,1-3,6,19H2. The van der Waals surface area contributed by atoms with Gasteiger partial charge in [-0.2, -0.15) is 13.2 Å². The third kappa shape index (κ3) is 3.25. The van der Waals surface area contributed by atoms with Gasteiger partial charge in [-0.1, -0.05) is 0 Å². The van der Waals surface area contributed by atoms with Crippen molar-refractivity contribution < 1.29 is 26.7 Å². The SMILES string of the molecule is Nc1cc(F)c(F)cc1C(=O)N1CCCC(C(F)(F)F)C1. The molecular weight excluding hydrogens is 295 g/mol. The smallest absolute Gasteiger partial charge is 0.393 e. The molecule has 1 fully saturated rings. The Bertz CT molecular complexity index is 558. The highest BCUT2D eigenvalue weighted by Gasteiger charge is 2.42. The second-order valence-corrected chi connectivity index (χ2v) is 4.99.